The van der Waals surface area contributed by atoms with Crippen LogP contribution in [0.25, 0.3) is 22.4 Å². The van der Waals surface area contributed by atoms with Gasteiger partial charge in [-0.2, -0.15) is 0 Å². The molecule has 0 amide bonds. The molecule has 0 atom stereocenters. The fraction of sp³-hybridized carbons (Fsp3) is 0.320. The van der Waals surface area contributed by atoms with Crippen molar-refractivity contribution in [2.45, 2.75) is 45.4 Å². The van der Waals surface area contributed by atoms with E-state index in [0.717, 1.165) is 5.92 Å². The Bertz CT molecular complexity index is 918. The summed E-state index contributed by atoms with van der Waals surface area (Å²) in [6, 6.07) is 20.2. The first-order chi connectivity index (χ1) is 12.6. The number of benzene rings is 2. The number of nitrogens with zero attached hydrogens (tertiary/aromatic N) is 1. The van der Waals surface area contributed by atoms with E-state index in [1.54, 1.807) is 0 Å². The standard InChI is InChI=1S/C25H28N/c1-18-15-19(2)24(17-23(18)21-11-5-4-6-12-21)25-16-22(13-14-26(25)3)20-9-7-8-10-20/h4-6,11-17,20H,7-10H2,1-3H3/q+1. The molecule has 0 spiro atoms. The summed E-state index contributed by atoms with van der Waals surface area (Å²) in [5, 5.41) is 0. The molecular weight excluding hydrogens is 314 g/mol. The highest BCUT2D eigenvalue weighted by Gasteiger charge is 2.21. The molecular formula is C25H28N+. The molecule has 0 unspecified atom stereocenters. The second-order valence-corrected chi connectivity index (χ2v) is 7.79. The molecule has 0 bridgehead atoms. The van der Waals surface area contributed by atoms with Gasteiger partial charge in [-0.15, -0.1) is 0 Å². The Morgan fingerprint density at radius 3 is 2.23 bits per heavy atom. The zero-order valence-corrected chi connectivity index (χ0v) is 16.1. The normalized spacial score (nSPS) is 14.7. The minimum Gasteiger partial charge on any atom is -0.201 e. The summed E-state index contributed by atoms with van der Waals surface area (Å²) < 4.78 is 2.27. The maximum atomic E-state index is 2.43. The zero-order chi connectivity index (χ0) is 18.1. The van der Waals surface area contributed by atoms with E-state index in [4.69, 9.17) is 0 Å². The highest BCUT2D eigenvalue weighted by atomic mass is 14.9. The first kappa shape index (κ1) is 17.0. The van der Waals surface area contributed by atoms with Gasteiger partial charge in [-0.3, -0.25) is 0 Å². The van der Waals surface area contributed by atoms with Gasteiger partial charge in [0.15, 0.2) is 6.20 Å². The molecule has 1 aliphatic carbocycles. The minimum absolute atomic E-state index is 0.745. The Balaban J connectivity index is 1.84. The Kier molecular flexibility index (Phi) is 4.63. The van der Waals surface area contributed by atoms with Crippen LogP contribution >= 0.6 is 0 Å². The Morgan fingerprint density at radius 2 is 1.50 bits per heavy atom. The minimum atomic E-state index is 0.745. The number of pyridine rings is 1. The third-order valence-electron chi connectivity index (χ3n) is 5.93. The van der Waals surface area contributed by atoms with Crippen LogP contribution in [0.1, 0.15) is 48.3 Å². The summed E-state index contributed by atoms with van der Waals surface area (Å²) >= 11 is 0. The Hall–Kier alpha value is -2.41. The highest BCUT2D eigenvalue weighted by molar-refractivity contribution is 5.75. The Morgan fingerprint density at radius 1 is 0.808 bits per heavy atom. The molecule has 1 nitrogen and oxygen atoms in total. The van der Waals surface area contributed by atoms with Crippen molar-refractivity contribution in [1.29, 1.82) is 0 Å². The van der Waals surface area contributed by atoms with E-state index >= 15 is 0 Å². The molecule has 0 N–H and O–H groups in total. The van der Waals surface area contributed by atoms with Gasteiger partial charge in [-0.25, -0.2) is 4.57 Å². The summed E-state index contributed by atoms with van der Waals surface area (Å²) in [7, 11) is 2.16. The summed E-state index contributed by atoms with van der Waals surface area (Å²) in [6.07, 6.45) is 7.68. The van der Waals surface area contributed by atoms with Gasteiger partial charge >= 0.3 is 0 Å². The molecule has 1 heteroatoms. The van der Waals surface area contributed by atoms with Gasteiger partial charge in [-0.1, -0.05) is 49.2 Å². The Labute approximate surface area is 157 Å². The van der Waals surface area contributed by atoms with Crippen LogP contribution < -0.4 is 4.57 Å². The number of rotatable bonds is 3. The average molecular weight is 343 g/mol. The first-order valence-electron chi connectivity index (χ1n) is 9.80. The van der Waals surface area contributed by atoms with Crippen molar-refractivity contribution in [1.82, 2.24) is 0 Å². The van der Waals surface area contributed by atoms with Crippen LogP contribution in [0, 0.1) is 13.8 Å². The van der Waals surface area contributed by atoms with Crippen molar-refractivity contribution in [2.75, 3.05) is 0 Å². The van der Waals surface area contributed by atoms with E-state index < -0.39 is 0 Å². The van der Waals surface area contributed by atoms with Crippen molar-refractivity contribution in [3.05, 3.63) is 77.5 Å². The van der Waals surface area contributed by atoms with Gasteiger partial charge in [0, 0.05) is 17.7 Å². The van der Waals surface area contributed by atoms with Crippen LogP contribution in [0.4, 0.5) is 0 Å². The largest absolute Gasteiger partial charge is 0.212 e. The van der Waals surface area contributed by atoms with Crippen molar-refractivity contribution in [3.8, 4) is 22.4 Å². The van der Waals surface area contributed by atoms with Crippen LogP contribution in [0.2, 0.25) is 0 Å². The number of hydrogen-bond acceptors (Lipinski definition) is 0. The molecule has 1 saturated carbocycles. The lowest BCUT2D eigenvalue weighted by Crippen LogP contribution is -2.31. The quantitative estimate of drug-likeness (QED) is 0.505. The van der Waals surface area contributed by atoms with Crippen LogP contribution in [0.3, 0.4) is 0 Å². The van der Waals surface area contributed by atoms with E-state index in [1.807, 2.05) is 0 Å². The van der Waals surface area contributed by atoms with E-state index in [-0.39, 0.29) is 0 Å². The van der Waals surface area contributed by atoms with Gasteiger partial charge in [0.05, 0.1) is 0 Å². The van der Waals surface area contributed by atoms with Crippen molar-refractivity contribution in [2.24, 2.45) is 7.05 Å². The third kappa shape index (κ3) is 3.19. The molecule has 3 aromatic rings. The van der Waals surface area contributed by atoms with Gasteiger partial charge < -0.3 is 0 Å². The molecule has 0 aliphatic heterocycles. The van der Waals surface area contributed by atoms with Gasteiger partial charge in [0.25, 0.3) is 0 Å². The van der Waals surface area contributed by atoms with Crippen LogP contribution in [-0.4, -0.2) is 0 Å². The summed E-state index contributed by atoms with van der Waals surface area (Å²) in [5.41, 5.74) is 9.49. The maximum Gasteiger partial charge on any atom is 0.212 e. The van der Waals surface area contributed by atoms with Crippen LogP contribution in [0.5, 0.6) is 0 Å². The monoisotopic (exact) mass is 342 g/mol. The third-order valence-corrected chi connectivity index (χ3v) is 5.93. The molecule has 26 heavy (non-hydrogen) atoms. The predicted octanol–water partition coefficient (Wildman–Crippen LogP) is 6.12. The molecule has 1 fully saturated rings. The first-order valence-corrected chi connectivity index (χ1v) is 9.80. The summed E-state index contributed by atoms with van der Waals surface area (Å²) in [4.78, 5) is 0. The van der Waals surface area contributed by atoms with Gasteiger partial charge in [-0.05, 0) is 66.5 Å². The number of aryl methyl sites for hydroxylation is 3. The van der Waals surface area contributed by atoms with Crippen molar-refractivity contribution in [3.63, 3.8) is 0 Å². The molecule has 132 valence electrons. The lowest BCUT2D eigenvalue weighted by atomic mass is 9.91. The number of hydrogen-bond donors (Lipinski definition) is 0. The lowest BCUT2D eigenvalue weighted by Gasteiger charge is -2.14. The van der Waals surface area contributed by atoms with E-state index in [9.17, 15) is 0 Å². The van der Waals surface area contributed by atoms with Crippen LogP contribution in [0.15, 0.2) is 60.8 Å². The number of aromatic nitrogens is 1. The smallest absolute Gasteiger partial charge is 0.201 e. The molecule has 0 radical (unpaired) electrons. The van der Waals surface area contributed by atoms with Crippen molar-refractivity contribution < 1.29 is 4.57 Å². The predicted molar refractivity (Wildman–Crippen MR) is 109 cm³/mol. The van der Waals surface area contributed by atoms with E-state index in [0.29, 0.717) is 0 Å². The fourth-order valence-electron chi connectivity index (χ4n) is 4.42. The van der Waals surface area contributed by atoms with Crippen LogP contribution in [-0.2, 0) is 7.05 Å². The molecule has 1 aromatic heterocycles. The van der Waals surface area contributed by atoms with Crippen molar-refractivity contribution >= 4 is 0 Å². The summed E-state index contributed by atoms with van der Waals surface area (Å²) in [5.74, 6) is 0.745. The fourth-order valence-corrected chi connectivity index (χ4v) is 4.42. The molecule has 1 aliphatic rings. The van der Waals surface area contributed by atoms with Gasteiger partial charge in [0.2, 0.25) is 5.69 Å². The highest BCUT2D eigenvalue weighted by Crippen LogP contribution is 2.36. The molecule has 4 rings (SSSR count). The second kappa shape index (κ2) is 7.07. The van der Waals surface area contributed by atoms with E-state index in [1.165, 1.54) is 64.8 Å². The molecule has 2 aromatic carbocycles. The maximum absolute atomic E-state index is 2.43. The molecule has 1 heterocycles. The zero-order valence-electron chi connectivity index (χ0n) is 16.1. The SMILES string of the molecule is Cc1cc(C)c(-c2cc(C3CCCC3)cc[n+]2C)cc1-c1ccccc1. The average Bonchev–Trinajstić information content (AvgIpc) is 3.18. The lowest BCUT2D eigenvalue weighted by molar-refractivity contribution is -0.660. The summed E-state index contributed by atoms with van der Waals surface area (Å²) in [6.45, 7) is 4.45. The molecule has 0 saturated heterocycles. The second-order valence-electron chi connectivity index (χ2n) is 7.79. The van der Waals surface area contributed by atoms with Gasteiger partial charge in [0.1, 0.15) is 7.05 Å². The topological polar surface area (TPSA) is 3.88 Å². The van der Waals surface area contributed by atoms with E-state index in [2.05, 4.69) is 86.3 Å².